The molecule has 0 saturated carbocycles. The average Bonchev–Trinajstić information content (AvgIpc) is 2.60. The van der Waals surface area contributed by atoms with Crippen molar-refractivity contribution >= 4 is 23.1 Å². The van der Waals surface area contributed by atoms with Gasteiger partial charge in [0.05, 0.1) is 5.10 Å². The number of amides is 1. The minimum atomic E-state index is -0.479. The predicted octanol–water partition coefficient (Wildman–Crippen LogP) is 2.22. The standard InChI is InChI=1S/C20H32N6O3/c1-15-8-9-17-16(14-15)23-18(24-26(17)28)21-10-6-12-25(5)13-7-11-22-19(27)29-20(2,3)4/h8-9,14H,6-7,10-13H2,1-5H3,(H,22,27)(H,21,23,24). The number of aromatic nitrogens is 3. The highest BCUT2D eigenvalue weighted by atomic mass is 16.6. The molecule has 2 N–H and O–H groups in total. The minimum Gasteiger partial charge on any atom is -0.594 e. The summed E-state index contributed by atoms with van der Waals surface area (Å²) in [6.45, 7) is 10.5. The third-order valence-electron chi connectivity index (χ3n) is 4.13. The Balaban J connectivity index is 1.65. The van der Waals surface area contributed by atoms with Crippen LogP contribution in [0.15, 0.2) is 18.2 Å². The highest BCUT2D eigenvalue weighted by molar-refractivity contribution is 5.72. The number of carbonyl (C=O) groups is 1. The Morgan fingerprint density at radius 3 is 2.62 bits per heavy atom. The van der Waals surface area contributed by atoms with Crippen molar-refractivity contribution in [2.24, 2.45) is 0 Å². The molecule has 0 aliphatic heterocycles. The number of hydrogen-bond acceptors (Lipinski definition) is 7. The summed E-state index contributed by atoms with van der Waals surface area (Å²) in [5.74, 6) is 0.335. The fourth-order valence-electron chi connectivity index (χ4n) is 2.75. The number of carbonyl (C=O) groups excluding carboxylic acids is 1. The van der Waals surface area contributed by atoms with Crippen LogP contribution in [0.3, 0.4) is 0 Å². The van der Waals surface area contributed by atoms with Crippen molar-refractivity contribution in [1.29, 1.82) is 0 Å². The molecular weight excluding hydrogens is 372 g/mol. The van der Waals surface area contributed by atoms with E-state index >= 15 is 0 Å². The molecule has 0 radical (unpaired) electrons. The molecule has 0 aliphatic carbocycles. The highest BCUT2D eigenvalue weighted by Crippen LogP contribution is 2.11. The zero-order valence-corrected chi connectivity index (χ0v) is 18.0. The average molecular weight is 405 g/mol. The van der Waals surface area contributed by atoms with Crippen LogP contribution < -0.4 is 15.5 Å². The molecule has 0 fully saturated rings. The SMILES string of the molecule is Cc1ccc2c(c1)nc(NCCCN(C)CCCNC(=O)OC(C)(C)C)n[n+]2[O-]. The number of fused-ring (bicyclic) bond motifs is 1. The summed E-state index contributed by atoms with van der Waals surface area (Å²) in [5.41, 5.74) is 1.66. The van der Waals surface area contributed by atoms with Gasteiger partial charge in [-0.2, -0.15) is 0 Å². The van der Waals surface area contributed by atoms with Crippen LogP contribution in [0.1, 0.15) is 39.2 Å². The van der Waals surface area contributed by atoms with Crippen molar-refractivity contribution in [3.8, 4) is 0 Å². The second kappa shape index (κ2) is 10.2. The molecule has 1 aromatic carbocycles. The van der Waals surface area contributed by atoms with Crippen LogP contribution in [0.2, 0.25) is 0 Å². The zero-order valence-electron chi connectivity index (χ0n) is 18.0. The fraction of sp³-hybridized carbons (Fsp3) is 0.600. The Morgan fingerprint density at radius 2 is 1.93 bits per heavy atom. The first-order valence-corrected chi connectivity index (χ1v) is 9.91. The van der Waals surface area contributed by atoms with Crippen LogP contribution in [0.4, 0.5) is 10.7 Å². The second-order valence-electron chi connectivity index (χ2n) is 8.17. The third-order valence-corrected chi connectivity index (χ3v) is 4.13. The molecule has 1 amide bonds. The van der Waals surface area contributed by atoms with Gasteiger partial charge in [-0.25, -0.2) is 9.78 Å². The van der Waals surface area contributed by atoms with Crippen LogP contribution in [0, 0.1) is 12.1 Å². The summed E-state index contributed by atoms with van der Waals surface area (Å²) in [6, 6.07) is 5.47. The molecular formula is C20H32N6O3. The van der Waals surface area contributed by atoms with Crippen LogP contribution in [0.25, 0.3) is 11.0 Å². The van der Waals surface area contributed by atoms with Crippen LogP contribution in [0.5, 0.6) is 0 Å². The molecule has 9 nitrogen and oxygen atoms in total. The largest absolute Gasteiger partial charge is 0.594 e. The predicted molar refractivity (Wildman–Crippen MR) is 113 cm³/mol. The van der Waals surface area contributed by atoms with Crippen molar-refractivity contribution in [2.45, 2.75) is 46.1 Å². The molecule has 2 rings (SSSR count). The number of hydrogen-bond donors (Lipinski definition) is 2. The number of benzene rings is 1. The van der Waals surface area contributed by atoms with Crippen molar-refractivity contribution in [2.75, 3.05) is 38.5 Å². The maximum atomic E-state index is 12.0. The van der Waals surface area contributed by atoms with Gasteiger partial charge in [0, 0.05) is 19.2 Å². The van der Waals surface area contributed by atoms with Crippen LogP contribution in [-0.4, -0.2) is 59.9 Å². The number of anilines is 1. The fourth-order valence-corrected chi connectivity index (χ4v) is 2.75. The quantitative estimate of drug-likeness (QED) is 0.375. The molecule has 0 aliphatic rings. The first-order chi connectivity index (χ1) is 13.6. The number of alkyl carbamates (subject to hydrolysis) is 1. The number of aryl methyl sites for hydroxylation is 1. The van der Waals surface area contributed by atoms with Gasteiger partial charge in [0.2, 0.25) is 0 Å². The number of rotatable bonds is 9. The summed E-state index contributed by atoms with van der Waals surface area (Å²) in [5, 5.41) is 21.8. The summed E-state index contributed by atoms with van der Waals surface area (Å²) < 4.78 is 5.20. The number of nitrogens with zero attached hydrogens (tertiary/aromatic N) is 4. The lowest BCUT2D eigenvalue weighted by molar-refractivity contribution is -0.641. The third kappa shape index (κ3) is 8.06. The molecule has 0 saturated heterocycles. The lowest BCUT2D eigenvalue weighted by atomic mass is 10.2. The summed E-state index contributed by atoms with van der Waals surface area (Å²) in [4.78, 5) is 18.8. The van der Waals surface area contributed by atoms with E-state index in [2.05, 4.69) is 25.6 Å². The van der Waals surface area contributed by atoms with Gasteiger partial charge in [0.25, 0.3) is 11.5 Å². The van der Waals surface area contributed by atoms with E-state index in [1.807, 2.05) is 46.9 Å². The van der Waals surface area contributed by atoms with E-state index in [0.29, 0.717) is 34.9 Å². The van der Waals surface area contributed by atoms with E-state index in [0.717, 1.165) is 31.5 Å². The van der Waals surface area contributed by atoms with Crippen molar-refractivity contribution in [1.82, 2.24) is 20.3 Å². The Labute approximate surface area is 172 Å². The second-order valence-corrected chi connectivity index (χ2v) is 8.17. The van der Waals surface area contributed by atoms with E-state index in [4.69, 9.17) is 4.74 Å². The molecule has 0 unspecified atom stereocenters. The number of nitrogens with one attached hydrogen (secondary N) is 2. The molecule has 29 heavy (non-hydrogen) atoms. The summed E-state index contributed by atoms with van der Waals surface area (Å²) >= 11 is 0. The maximum Gasteiger partial charge on any atom is 0.407 e. The Hall–Kier alpha value is -2.68. The monoisotopic (exact) mass is 404 g/mol. The van der Waals surface area contributed by atoms with Crippen molar-refractivity contribution < 1.29 is 14.4 Å². The van der Waals surface area contributed by atoms with Crippen LogP contribution >= 0.6 is 0 Å². The molecule has 1 aromatic heterocycles. The van der Waals surface area contributed by atoms with Gasteiger partial charge in [-0.3, -0.25) is 0 Å². The number of ether oxygens (including phenoxy) is 1. The van der Waals surface area contributed by atoms with Crippen molar-refractivity contribution in [3.63, 3.8) is 0 Å². The molecule has 0 spiro atoms. The topological polar surface area (TPSA) is 106 Å². The molecule has 2 aromatic rings. The van der Waals surface area contributed by atoms with Crippen LogP contribution in [-0.2, 0) is 4.74 Å². The van der Waals surface area contributed by atoms with Gasteiger partial charge >= 0.3 is 6.09 Å². The molecule has 0 atom stereocenters. The summed E-state index contributed by atoms with van der Waals surface area (Å²) in [6.07, 6.45) is 1.34. The van der Waals surface area contributed by atoms with Gasteiger partial charge in [-0.05, 0) is 77.1 Å². The molecule has 160 valence electrons. The van der Waals surface area contributed by atoms with E-state index in [1.54, 1.807) is 6.07 Å². The van der Waals surface area contributed by atoms with Gasteiger partial charge in [0.15, 0.2) is 0 Å². The zero-order chi connectivity index (χ0) is 21.4. The maximum absolute atomic E-state index is 12.0. The van der Waals surface area contributed by atoms with Gasteiger partial charge in [0.1, 0.15) is 11.1 Å². The highest BCUT2D eigenvalue weighted by Gasteiger charge is 2.15. The minimum absolute atomic E-state index is 0.335. The normalized spacial score (nSPS) is 11.7. The van der Waals surface area contributed by atoms with Gasteiger partial charge in [-0.15, -0.1) is 0 Å². The first-order valence-electron chi connectivity index (χ1n) is 9.91. The van der Waals surface area contributed by atoms with Gasteiger partial charge in [-0.1, -0.05) is 6.07 Å². The molecule has 1 heterocycles. The van der Waals surface area contributed by atoms with E-state index in [1.165, 1.54) is 0 Å². The van der Waals surface area contributed by atoms with Crippen molar-refractivity contribution in [3.05, 3.63) is 29.0 Å². The Bertz CT molecular complexity index is 822. The smallest absolute Gasteiger partial charge is 0.407 e. The Morgan fingerprint density at radius 1 is 1.24 bits per heavy atom. The van der Waals surface area contributed by atoms with Gasteiger partial charge < -0.3 is 25.5 Å². The Kier molecular flexibility index (Phi) is 7.95. The van der Waals surface area contributed by atoms with E-state index in [-0.39, 0.29) is 6.09 Å². The molecule has 9 heteroatoms. The first kappa shape index (κ1) is 22.6. The summed E-state index contributed by atoms with van der Waals surface area (Å²) in [7, 11) is 2.04. The molecule has 0 bridgehead atoms. The lowest BCUT2D eigenvalue weighted by Gasteiger charge is -2.20. The lowest BCUT2D eigenvalue weighted by Crippen LogP contribution is -2.34. The van der Waals surface area contributed by atoms with E-state index < -0.39 is 5.60 Å². The van der Waals surface area contributed by atoms with E-state index in [9.17, 15) is 10.0 Å².